The van der Waals surface area contributed by atoms with Crippen molar-refractivity contribution in [1.29, 1.82) is 0 Å². The van der Waals surface area contributed by atoms with Crippen LogP contribution in [0.25, 0.3) is 11.3 Å². The number of rotatable bonds is 3. The van der Waals surface area contributed by atoms with Crippen LogP contribution in [-0.4, -0.2) is 21.1 Å². The van der Waals surface area contributed by atoms with Crippen LogP contribution in [0, 0.1) is 6.92 Å². The Hall–Kier alpha value is -3.02. The van der Waals surface area contributed by atoms with E-state index in [1.54, 1.807) is 31.2 Å². The van der Waals surface area contributed by atoms with E-state index in [1.165, 1.54) is 17.2 Å². The molecule has 0 fully saturated rings. The van der Waals surface area contributed by atoms with Gasteiger partial charge in [-0.15, -0.1) is 10.2 Å². The predicted molar refractivity (Wildman–Crippen MR) is 78.2 cm³/mol. The summed E-state index contributed by atoms with van der Waals surface area (Å²) in [5, 5.41) is 12.1. The highest BCUT2D eigenvalue weighted by Crippen LogP contribution is 2.11. The van der Waals surface area contributed by atoms with E-state index >= 15 is 0 Å². The molecule has 0 atom stereocenters. The third-order valence-corrected chi connectivity index (χ3v) is 2.89. The minimum absolute atomic E-state index is 0.262. The second-order valence-corrected chi connectivity index (χ2v) is 4.34. The first-order valence-electron chi connectivity index (χ1n) is 6.35. The Morgan fingerprint density at radius 1 is 1.14 bits per heavy atom. The quantitative estimate of drug-likeness (QED) is 0.688. The largest absolute Gasteiger partial charge is 0.463 e. The zero-order valence-electron chi connectivity index (χ0n) is 11.3. The van der Waals surface area contributed by atoms with Crippen molar-refractivity contribution < 1.29 is 4.42 Å². The van der Waals surface area contributed by atoms with Crippen LogP contribution in [0.4, 0.5) is 0 Å². The van der Waals surface area contributed by atoms with Gasteiger partial charge in [0.1, 0.15) is 5.76 Å². The van der Waals surface area contributed by atoms with Crippen LogP contribution in [0.3, 0.4) is 0 Å². The van der Waals surface area contributed by atoms with Crippen molar-refractivity contribution in [3.63, 3.8) is 0 Å². The van der Waals surface area contributed by atoms with Gasteiger partial charge in [0.05, 0.1) is 12.5 Å². The predicted octanol–water partition coefficient (Wildman–Crippen LogP) is 2.09. The topological polar surface area (TPSA) is 73.3 Å². The monoisotopic (exact) mass is 280 g/mol. The normalized spacial score (nSPS) is 11.1. The lowest BCUT2D eigenvalue weighted by atomic mass is 10.2. The van der Waals surface area contributed by atoms with Gasteiger partial charge in [-0.25, -0.2) is 0 Å². The third kappa shape index (κ3) is 2.64. The van der Waals surface area contributed by atoms with Crippen LogP contribution in [0.15, 0.2) is 63.0 Å². The molecule has 0 bridgehead atoms. The molecule has 0 radical (unpaired) electrons. The van der Waals surface area contributed by atoms with Crippen molar-refractivity contribution in [2.24, 2.45) is 5.10 Å². The van der Waals surface area contributed by atoms with E-state index in [2.05, 4.69) is 15.3 Å². The molecule has 0 amide bonds. The molecule has 6 heteroatoms. The van der Waals surface area contributed by atoms with E-state index < -0.39 is 0 Å². The number of benzene rings is 1. The standard InChI is InChI=1S/C15H12N4O2/c1-11-17-18-14(12-6-3-2-4-7-12)15(20)19(11)16-10-13-8-5-9-21-13/h2-10H,1H3. The second-order valence-electron chi connectivity index (χ2n) is 4.34. The molecular weight excluding hydrogens is 268 g/mol. The molecule has 0 saturated carbocycles. The Bertz CT molecular complexity index is 821. The minimum Gasteiger partial charge on any atom is -0.463 e. The molecule has 104 valence electrons. The fraction of sp³-hybridized carbons (Fsp3) is 0.0667. The van der Waals surface area contributed by atoms with Crippen molar-refractivity contribution in [2.75, 3.05) is 0 Å². The SMILES string of the molecule is Cc1nnc(-c2ccccc2)c(=O)n1N=Cc1ccco1. The molecule has 0 spiro atoms. The summed E-state index contributed by atoms with van der Waals surface area (Å²) < 4.78 is 6.36. The summed E-state index contributed by atoms with van der Waals surface area (Å²) in [6.45, 7) is 1.67. The van der Waals surface area contributed by atoms with Gasteiger partial charge in [0.15, 0.2) is 11.5 Å². The molecule has 0 saturated heterocycles. The van der Waals surface area contributed by atoms with Crippen LogP contribution in [0.2, 0.25) is 0 Å². The summed E-state index contributed by atoms with van der Waals surface area (Å²) >= 11 is 0. The van der Waals surface area contributed by atoms with Crippen LogP contribution in [0.1, 0.15) is 11.6 Å². The van der Waals surface area contributed by atoms with Gasteiger partial charge in [0, 0.05) is 5.56 Å². The summed E-state index contributed by atoms with van der Waals surface area (Å²) in [4.78, 5) is 12.5. The maximum absolute atomic E-state index is 12.5. The molecule has 2 heterocycles. The molecule has 2 aromatic heterocycles. The summed E-state index contributed by atoms with van der Waals surface area (Å²) in [6.07, 6.45) is 3.00. The zero-order valence-corrected chi connectivity index (χ0v) is 11.3. The van der Waals surface area contributed by atoms with E-state index in [0.29, 0.717) is 17.1 Å². The van der Waals surface area contributed by atoms with Crippen molar-refractivity contribution >= 4 is 6.21 Å². The second kappa shape index (κ2) is 5.54. The van der Waals surface area contributed by atoms with Gasteiger partial charge in [0.2, 0.25) is 0 Å². The number of aromatic nitrogens is 3. The minimum atomic E-state index is -0.323. The maximum Gasteiger partial charge on any atom is 0.301 e. The number of aryl methyl sites for hydroxylation is 1. The van der Waals surface area contributed by atoms with Gasteiger partial charge in [-0.05, 0) is 19.1 Å². The molecule has 1 aromatic carbocycles. The van der Waals surface area contributed by atoms with Gasteiger partial charge in [-0.1, -0.05) is 30.3 Å². The van der Waals surface area contributed by atoms with Gasteiger partial charge in [0.25, 0.3) is 0 Å². The molecule has 0 unspecified atom stereocenters. The molecule has 6 nitrogen and oxygen atoms in total. The number of hydrogen-bond acceptors (Lipinski definition) is 5. The first kappa shape index (κ1) is 13.0. The number of hydrogen-bond donors (Lipinski definition) is 0. The molecule has 3 aromatic rings. The van der Waals surface area contributed by atoms with Gasteiger partial charge < -0.3 is 4.42 Å². The Kier molecular flexibility index (Phi) is 3.42. The molecular formula is C15H12N4O2. The average Bonchev–Trinajstić information content (AvgIpc) is 3.01. The first-order chi connectivity index (χ1) is 10.3. The molecule has 0 aliphatic heterocycles. The fourth-order valence-corrected chi connectivity index (χ4v) is 1.85. The van der Waals surface area contributed by atoms with Crippen LogP contribution in [0.5, 0.6) is 0 Å². The fourth-order valence-electron chi connectivity index (χ4n) is 1.85. The maximum atomic E-state index is 12.5. The van der Waals surface area contributed by atoms with Gasteiger partial charge >= 0.3 is 5.56 Å². The van der Waals surface area contributed by atoms with Gasteiger partial charge in [-0.3, -0.25) is 4.79 Å². The van der Waals surface area contributed by atoms with E-state index in [9.17, 15) is 4.79 Å². The Morgan fingerprint density at radius 2 is 1.95 bits per heavy atom. The number of nitrogens with zero attached hydrogens (tertiary/aromatic N) is 4. The summed E-state index contributed by atoms with van der Waals surface area (Å²) in [7, 11) is 0. The van der Waals surface area contributed by atoms with Crippen molar-refractivity contribution in [3.8, 4) is 11.3 Å². The van der Waals surface area contributed by atoms with Crippen molar-refractivity contribution in [1.82, 2.24) is 14.9 Å². The highest BCUT2D eigenvalue weighted by atomic mass is 16.3. The lowest BCUT2D eigenvalue weighted by Crippen LogP contribution is -2.23. The van der Waals surface area contributed by atoms with Crippen LogP contribution in [-0.2, 0) is 0 Å². The van der Waals surface area contributed by atoms with Crippen molar-refractivity contribution in [2.45, 2.75) is 6.92 Å². The van der Waals surface area contributed by atoms with E-state index in [-0.39, 0.29) is 11.3 Å². The Balaban J connectivity index is 2.07. The third-order valence-electron chi connectivity index (χ3n) is 2.89. The molecule has 21 heavy (non-hydrogen) atoms. The number of furan rings is 1. The zero-order chi connectivity index (χ0) is 14.7. The lowest BCUT2D eigenvalue weighted by Gasteiger charge is -2.04. The molecule has 0 N–H and O–H groups in total. The molecule has 0 aliphatic rings. The summed E-state index contributed by atoms with van der Waals surface area (Å²) in [5.41, 5.74) is 0.645. The lowest BCUT2D eigenvalue weighted by molar-refractivity contribution is 0.559. The van der Waals surface area contributed by atoms with E-state index in [1.807, 2.05) is 18.2 Å². The summed E-state index contributed by atoms with van der Waals surface area (Å²) in [6, 6.07) is 12.7. The average molecular weight is 280 g/mol. The van der Waals surface area contributed by atoms with Gasteiger partial charge in [-0.2, -0.15) is 9.78 Å². The summed E-state index contributed by atoms with van der Waals surface area (Å²) in [5.74, 6) is 0.960. The Morgan fingerprint density at radius 3 is 2.67 bits per heavy atom. The van der Waals surface area contributed by atoms with Crippen molar-refractivity contribution in [3.05, 3.63) is 70.7 Å². The smallest absolute Gasteiger partial charge is 0.301 e. The highest BCUT2D eigenvalue weighted by Gasteiger charge is 2.10. The van der Waals surface area contributed by atoms with E-state index in [4.69, 9.17) is 4.42 Å². The molecule has 3 rings (SSSR count). The highest BCUT2D eigenvalue weighted by molar-refractivity contribution is 5.75. The van der Waals surface area contributed by atoms with E-state index in [0.717, 1.165) is 0 Å². The molecule has 0 aliphatic carbocycles. The first-order valence-corrected chi connectivity index (χ1v) is 6.35. The van der Waals surface area contributed by atoms with Crippen LogP contribution >= 0.6 is 0 Å². The Labute approximate surface area is 120 Å². The van der Waals surface area contributed by atoms with Crippen LogP contribution < -0.4 is 5.56 Å².